The van der Waals surface area contributed by atoms with Crippen molar-refractivity contribution in [3.05, 3.63) is 77.9 Å². The Kier molecular flexibility index (Phi) is 6.28. The van der Waals surface area contributed by atoms with Crippen molar-refractivity contribution in [3.8, 4) is 5.69 Å². The van der Waals surface area contributed by atoms with Gasteiger partial charge in [0.25, 0.3) is 5.91 Å². The number of methoxy groups -OCH3 is 1. The second-order valence-electron chi connectivity index (χ2n) is 6.27. The minimum atomic E-state index is -4.50. The lowest BCUT2D eigenvalue weighted by atomic mass is 10.1. The van der Waals surface area contributed by atoms with E-state index < -0.39 is 11.9 Å². The molecule has 3 aromatic rings. The normalized spacial score (nSPS) is 11.4. The second-order valence-corrected chi connectivity index (χ2v) is 6.27. The van der Waals surface area contributed by atoms with Crippen LogP contribution in [0.1, 0.15) is 21.6 Å². The Morgan fingerprint density at radius 1 is 1.17 bits per heavy atom. The van der Waals surface area contributed by atoms with Gasteiger partial charge in [0.1, 0.15) is 0 Å². The number of hydrogen-bond acceptors (Lipinski definition) is 4. The average molecular weight is 404 g/mol. The molecular formula is C20H19F3N4O2. The van der Waals surface area contributed by atoms with Crippen LogP contribution in [0.25, 0.3) is 5.69 Å². The summed E-state index contributed by atoms with van der Waals surface area (Å²) in [7, 11) is 1.56. The quantitative estimate of drug-likeness (QED) is 0.604. The molecule has 0 aliphatic heterocycles. The Morgan fingerprint density at radius 2 is 1.93 bits per heavy atom. The van der Waals surface area contributed by atoms with Gasteiger partial charge in [0.05, 0.1) is 12.3 Å². The van der Waals surface area contributed by atoms with E-state index in [1.54, 1.807) is 54.7 Å². The summed E-state index contributed by atoms with van der Waals surface area (Å²) in [5, 5.41) is 3.53. The van der Waals surface area contributed by atoms with Gasteiger partial charge in [-0.1, -0.05) is 6.07 Å². The third kappa shape index (κ3) is 5.20. The SMILES string of the molecule is COCCN(Cc1cccnc1)C(=O)c1ccc(-n2ccc(C(F)(F)F)n2)cc1. The highest BCUT2D eigenvalue weighted by Crippen LogP contribution is 2.27. The lowest BCUT2D eigenvalue weighted by Gasteiger charge is -2.22. The van der Waals surface area contributed by atoms with E-state index in [0.29, 0.717) is 30.9 Å². The van der Waals surface area contributed by atoms with Crippen molar-refractivity contribution in [2.45, 2.75) is 12.7 Å². The van der Waals surface area contributed by atoms with E-state index in [-0.39, 0.29) is 5.91 Å². The average Bonchev–Trinajstić information content (AvgIpc) is 3.22. The summed E-state index contributed by atoms with van der Waals surface area (Å²) in [4.78, 5) is 18.6. The predicted octanol–water partition coefficient (Wildman–Crippen LogP) is 3.57. The van der Waals surface area contributed by atoms with Gasteiger partial charge in [-0.2, -0.15) is 18.3 Å². The molecule has 0 atom stereocenters. The van der Waals surface area contributed by atoms with E-state index in [0.717, 1.165) is 16.3 Å². The largest absolute Gasteiger partial charge is 0.435 e. The number of alkyl halides is 3. The number of aromatic nitrogens is 3. The first kappa shape index (κ1) is 20.5. The summed E-state index contributed by atoms with van der Waals surface area (Å²) in [6.45, 7) is 1.13. The summed E-state index contributed by atoms with van der Waals surface area (Å²) in [5.41, 5.74) is 0.745. The summed E-state index contributed by atoms with van der Waals surface area (Å²) in [6.07, 6.45) is 0.0669. The van der Waals surface area contributed by atoms with Crippen molar-refractivity contribution in [3.63, 3.8) is 0 Å². The molecule has 0 unspecified atom stereocenters. The lowest BCUT2D eigenvalue weighted by Crippen LogP contribution is -2.33. The monoisotopic (exact) mass is 404 g/mol. The van der Waals surface area contributed by atoms with Gasteiger partial charge >= 0.3 is 6.18 Å². The minimum Gasteiger partial charge on any atom is -0.383 e. The number of carbonyl (C=O) groups is 1. The maximum atomic E-state index is 12.9. The highest BCUT2D eigenvalue weighted by Gasteiger charge is 2.33. The van der Waals surface area contributed by atoms with E-state index in [9.17, 15) is 18.0 Å². The molecule has 2 aromatic heterocycles. The van der Waals surface area contributed by atoms with Gasteiger partial charge in [-0.15, -0.1) is 0 Å². The number of benzene rings is 1. The zero-order valence-corrected chi connectivity index (χ0v) is 15.6. The summed E-state index contributed by atoms with van der Waals surface area (Å²) >= 11 is 0. The molecule has 0 fully saturated rings. The molecule has 1 aromatic carbocycles. The molecule has 152 valence electrons. The second kappa shape index (κ2) is 8.87. The molecule has 9 heteroatoms. The summed E-state index contributed by atoms with van der Waals surface area (Å²) < 4.78 is 44.4. The van der Waals surface area contributed by atoms with E-state index >= 15 is 0 Å². The van der Waals surface area contributed by atoms with Crippen LogP contribution < -0.4 is 0 Å². The molecule has 3 rings (SSSR count). The fourth-order valence-corrected chi connectivity index (χ4v) is 2.72. The summed E-state index contributed by atoms with van der Waals surface area (Å²) in [6, 6.07) is 10.8. The molecule has 0 radical (unpaired) electrons. The third-order valence-corrected chi connectivity index (χ3v) is 4.21. The smallest absolute Gasteiger partial charge is 0.383 e. The molecule has 29 heavy (non-hydrogen) atoms. The van der Waals surface area contributed by atoms with Gasteiger partial charge < -0.3 is 9.64 Å². The topological polar surface area (TPSA) is 60.2 Å². The van der Waals surface area contributed by atoms with Crippen LogP contribution in [0, 0.1) is 0 Å². The van der Waals surface area contributed by atoms with Crippen molar-refractivity contribution in [2.24, 2.45) is 0 Å². The van der Waals surface area contributed by atoms with Gasteiger partial charge in [0.15, 0.2) is 5.69 Å². The first-order chi connectivity index (χ1) is 13.9. The van der Waals surface area contributed by atoms with Gasteiger partial charge in [0, 0.05) is 44.4 Å². The van der Waals surface area contributed by atoms with Crippen LogP contribution >= 0.6 is 0 Å². The standard InChI is InChI=1S/C20H19F3N4O2/c1-29-12-11-26(14-15-3-2-9-24-13-15)19(28)16-4-6-17(7-5-16)27-10-8-18(25-27)20(21,22)23/h2-10,13H,11-12,14H2,1H3. The first-order valence-corrected chi connectivity index (χ1v) is 8.79. The molecule has 0 saturated heterocycles. The van der Waals surface area contributed by atoms with Crippen LogP contribution in [-0.4, -0.2) is 45.8 Å². The zero-order chi connectivity index (χ0) is 20.9. The number of amides is 1. The molecule has 1 amide bonds. The van der Waals surface area contributed by atoms with E-state index in [1.165, 1.54) is 6.20 Å². The molecule has 0 bridgehead atoms. The maximum Gasteiger partial charge on any atom is 0.435 e. The van der Waals surface area contributed by atoms with Crippen molar-refractivity contribution in [1.82, 2.24) is 19.7 Å². The number of halogens is 3. The van der Waals surface area contributed by atoms with E-state index in [2.05, 4.69) is 10.1 Å². The fraction of sp³-hybridized carbons (Fsp3) is 0.250. The number of pyridine rings is 1. The molecule has 0 saturated carbocycles. The number of nitrogens with zero attached hydrogens (tertiary/aromatic N) is 4. The van der Waals surface area contributed by atoms with Crippen molar-refractivity contribution < 1.29 is 22.7 Å². The van der Waals surface area contributed by atoms with Crippen molar-refractivity contribution >= 4 is 5.91 Å². The Labute approximate surface area is 165 Å². The van der Waals surface area contributed by atoms with Crippen molar-refractivity contribution in [1.29, 1.82) is 0 Å². The molecule has 6 nitrogen and oxygen atoms in total. The Hall–Kier alpha value is -3.20. The maximum absolute atomic E-state index is 12.9. The molecule has 0 aliphatic rings. The highest BCUT2D eigenvalue weighted by molar-refractivity contribution is 5.94. The van der Waals surface area contributed by atoms with Gasteiger partial charge in [-0.05, 0) is 42.0 Å². The summed E-state index contributed by atoms with van der Waals surface area (Å²) in [5.74, 6) is -0.214. The Balaban J connectivity index is 1.77. The highest BCUT2D eigenvalue weighted by atomic mass is 19.4. The number of carbonyl (C=O) groups excluding carboxylic acids is 1. The number of rotatable bonds is 7. The van der Waals surface area contributed by atoms with Crippen LogP contribution in [0.3, 0.4) is 0 Å². The molecular weight excluding hydrogens is 385 g/mol. The number of ether oxygens (including phenoxy) is 1. The molecule has 0 spiro atoms. The predicted molar refractivity (Wildman–Crippen MR) is 99.4 cm³/mol. The van der Waals surface area contributed by atoms with E-state index in [4.69, 9.17) is 4.74 Å². The van der Waals surface area contributed by atoms with Gasteiger partial charge in [-0.3, -0.25) is 9.78 Å². The fourth-order valence-electron chi connectivity index (χ4n) is 2.72. The van der Waals surface area contributed by atoms with Crippen LogP contribution in [0.15, 0.2) is 61.1 Å². The van der Waals surface area contributed by atoms with Crippen LogP contribution in [-0.2, 0) is 17.5 Å². The lowest BCUT2D eigenvalue weighted by molar-refractivity contribution is -0.141. The third-order valence-electron chi connectivity index (χ3n) is 4.21. The molecule has 0 aliphatic carbocycles. The number of hydrogen-bond donors (Lipinski definition) is 0. The van der Waals surface area contributed by atoms with Crippen LogP contribution in [0.4, 0.5) is 13.2 Å². The van der Waals surface area contributed by atoms with Gasteiger partial charge in [-0.25, -0.2) is 4.68 Å². The Bertz CT molecular complexity index is 940. The molecule has 2 heterocycles. The zero-order valence-electron chi connectivity index (χ0n) is 15.6. The first-order valence-electron chi connectivity index (χ1n) is 8.79. The van der Waals surface area contributed by atoms with Crippen LogP contribution in [0.5, 0.6) is 0 Å². The van der Waals surface area contributed by atoms with Gasteiger partial charge in [0.2, 0.25) is 0 Å². The van der Waals surface area contributed by atoms with Crippen LogP contribution in [0.2, 0.25) is 0 Å². The van der Waals surface area contributed by atoms with Crippen molar-refractivity contribution in [2.75, 3.05) is 20.3 Å². The Morgan fingerprint density at radius 3 is 2.52 bits per heavy atom. The molecule has 0 N–H and O–H groups in total. The minimum absolute atomic E-state index is 0.214. The van der Waals surface area contributed by atoms with E-state index in [1.807, 2.05) is 6.07 Å².